The van der Waals surface area contributed by atoms with E-state index in [2.05, 4.69) is 5.32 Å². The van der Waals surface area contributed by atoms with E-state index in [0.29, 0.717) is 23.7 Å². The molecule has 0 aliphatic carbocycles. The number of carboxylic acids is 1. The lowest BCUT2D eigenvalue weighted by Crippen LogP contribution is -2.19. The Morgan fingerprint density at radius 2 is 1.88 bits per heavy atom. The highest BCUT2D eigenvalue weighted by Crippen LogP contribution is 2.27. The second kappa shape index (κ2) is 9.21. The van der Waals surface area contributed by atoms with Crippen molar-refractivity contribution in [2.24, 2.45) is 0 Å². The highest BCUT2D eigenvalue weighted by atomic mass is 35.5. The maximum Gasteiger partial charge on any atom is 0.337 e. The van der Waals surface area contributed by atoms with Crippen molar-refractivity contribution in [2.45, 2.75) is 46.8 Å². The van der Waals surface area contributed by atoms with Crippen LogP contribution < -0.4 is 5.32 Å². The van der Waals surface area contributed by atoms with Gasteiger partial charge in [-0.15, -0.1) is 0 Å². The largest absolute Gasteiger partial charge is 0.478 e. The molecule has 2 aromatic rings. The van der Waals surface area contributed by atoms with Crippen molar-refractivity contribution in [3.05, 3.63) is 51.8 Å². The molecule has 0 saturated carbocycles. The first-order chi connectivity index (χ1) is 12.3. The summed E-state index contributed by atoms with van der Waals surface area (Å²) < 4.78 is 7.49. The van der Waals surface area contributed by atoms with Crippen molar-refractivity contribution in [1.82, 2.24) is 9.88 Å². The number of carbonyl (C=O) groups is 1. The fraction of sp³-hybridized carbons (Fsp3) is 0.450. The number of rotatable bonds is 9. The van der Waals surface area contributed by atoms with Crippen LogP contribution in [0.4, 0.5) is 0 Å². The summed E-state index contributed by atoms with van der Waals surface area (Å²) in [6.07, 6.45) is 1.11. The fourth-order valence-corrected chi connectivity index (χ4v) is 3.23. The van der Waals surface area contributed by atoms with Gasteiger partial charge in [-0.05, 0) is 64.9 Å². The van der Waals surface area contributed by atoms with Gasteiger partial charge in [-0.25, -0.2) is 4.79 Å². The van der Waals surface area contributed by atoms with Crippen molar-refractivity contribution >= 4 is 17.6 Å². The molecule has 1 aromatic heterocycles. The Balaban J connectivity index is 2.19. The molecule has 26 heavy (non-hydrogen) atoms. The monoisotopic (exact) mass is 378 g/mol. The van der Waals surface area contributed by atoms with Gasteiger partial charge >= 0.3 is 5.97 Å². The van der Waals surface area contributed by atoms with Crippen LogP contribution in [0.2, 0.25) is 5.02 Å². The molecule has 0 aliphatic rings. The van der Waals surface area contributed by atoms with Crippen LogP contribution in [0.1, 0.15) is 47.6 Å². The molecule has 142 valence electrons. The number of nitrogens with one attached hydrogen (secondary N) is 1. The molecule has 0 spiro atoms. The van der Waals surface area contributed by atoms with Crippen LogP contribution in [0.15, 0.2) is 24.3 Å². The van der Waals surface area contributed by atoms with E-state index in [0.717, 1.165) is 35.6 Å². The molecule has 0 unspecified atom stereocenters. The second-order valence-electron chi connectivity index (χ2n) is 6.59. The van der Waals surface area contributed by atoms with Crippen molar-refractivity contribution < 1.29 is 14.6 Å². The average molecular weight is 379 g/mol. The maximum absolute atomic E-state index is 11.8. The lowest BCUT2D eigenvalue weighted by Gasteiger charge is -2.11. The number of halogens is 1. The molecular weight excluding hydrogens is 352 g/mol. The number of hydrogen-bond acceptors (Lipinski definition) is 3. The molecule has 0 radical (unpaired) electrons. The first-order valence-electron chi connectivity index (χ1n) is 8.85. The molecule has 6 heteroatoms. The smallest absolute Gasteiger partial charge is 0.337 e. The van der Waals surface area contributed by atoms with E-state index in [9.17, 15) is 9.90 Å². The summed E-state index contributed by atoms with van der Waals surface area (Å²) in [7, 11) is 0. The van der Waals surface area contributed by atoms with Crippen LogP contribution >= 0.6 is 11.6 Å². The van der Waals surface area contributed by atoms with Gasteiger partial charge in [-0.3, -0.25) is 0 Å². The molecule has 0 bridgehead atoms. The Bertz CT molecular complexity index is 751. The van der Waals surface area contributed by atoms with E-state index >= 15 is 0 Å². The Labute approximate surface area is 159 Å². The Morgan fingerprint density at radius 3 is 2.46 bits per heavy atom. The van der Waals surface area contributed by atoms with Gasteiger partial charge in [-0.1, -0.05) is 11.6 Å². The zero-order chi connectivity index (χ0) is 19.3. The molecule has 0 saturated heterocycles. The second-order valence-corrected chi connectivity index (χ2v) is 7.03. The van der Waals surface area contributed by atoms with Crippen molar-refractivity contribution in [2.75, 3.05) is 13.2 Å². The SMILES string of the molecule is Cc1c(CNCCCOC(C)C)c(C(=O)O)c(C)n1-c1ccc(Cl)cc1. The quantitative estimate of drug-likeness (QED) is 0.637. The van der Waals surface area contributed by atoms with Gasteiger partial charge in [0.1, 0.15) is 0 Å². The summed E-state index contributed by atoms with van der Waals surface area (Å²) in [6.45, 7) is 9.79. The maximum atomic E-state index is 11.8. The number of nitrogens with zero attached hydrogens (tertiary/aromatic N) is 1. The summed E-state index contributed by atoms with van der Waals surface area (Å²) in [5, 5.41) is 13.7. The predicted octanol–water partition coefficient (Wildman–Crippen LogP) is 4.35. The fourth-order valence-electron chi connectivity index (χ4n) is 3.10. The topological polar surface area (TPSA) is 63.5 Å². The normalized spacial score (nSPS) is 11.3. The van der Waals surface area contributed by atoms with E-state index in [1.807, 2.05) is 56.5 Å². The lowest BCUT2D eigenvalue weighted by molar-refractivity contribution is 0.0693. The molecule has 2 rings (SSSR count). The van der Waals surface area contributed by atoms with E-state index in [4.69, 9.17) is 16.3 Å². The molecule has 0 atom stereocenters. The number of carboxylic acid groups (broad SMARTS) is 1. The van der Waals surface area contributed by atoms with Gasteiger partial charge in [-0.2, -0.15) is 0 Å². The van der Waals surface area contributed by atoms with E-state index in [1.165, 1.54) is 0 Å². The Morgan fingerprint density at radius 1 is 1.23 bits per heavy atom. The minimum Gasteiger partial charge on any atom is -0.478 e. The summed E-state index contributed by atoms with van der Waals surface area (Å²) >= 11 is 5.97. The zero-order valence-electron chi connectivity index (χ0n) is 15.8. The molecule has 1 heterocycles. The van der Waals surface area contributed by atoms with E-state index in [1.54, 1.807) is 0 Å². The minimum absolute atomic E-state index is 0.229. The Kier molecular flexibility index (Phi) is 7.26. The standard InChI is InChI=1S/C20H27ClN2O3/c1-13(2)26-11-5-10-22-12-18-14(3)23(15(4)19(18)20(24)25)17-8-6-16(21)7-9-17/h6-9,13,22H,5,10-12H2,1-4H3,(H,24,25). The van der Waals surface area contributed by atoms with Gasteiger partial charge in [0.25, 0.3) is 0 Å². The van der Waals surface area contributed by atoms with Crippen LogP contribution in [0.5, 0.6) is 0 Å². The molecule has 5 nitrogen and oxygen atoms in total. The molecule has 0 aliphatic heterocycles. The average Bonchev–Trinajstić information content (AvgIpc) is 2.82. The minimum atomic E-state index is -0.904. The number of hydrogen-bond donors (Lipinski definition) is 2. The summed E-state index contributed by atoms with van der Waals surface area (Å²) in [4.78, 5) is 11.8. The number of benzene rings is 1. The first-order valence-corrected chi connectivity index (χ1v) is 9.23. The van der Waals surface area contributed by atoms with Crippen molar-refractivity contribution in [1.29, 1.82) is 0 Å². The van der Waals surface area contributed by atoms with Gasteiger partial charge < -0.3 is 19.7 Å². The van der Waals surface area contributed by atoms with Crippen molar-refractivity contribution in [3.8, 4) is 5.69 Å². The van der Waals surface area contributed by atoms with Crippen LogP contribution in [0, 0.1) is 13.8 Å². The highest BCUT2D eigenvalue weighted by Gasteiger charge is 2.23. The summed E-state index contributed by atoms with van der Waals surface area (Å²) in [6, 6.07) is 7.41. The number of ether oxygens (including phenoxy) is 1. The molecule has 0 fully saturated rings. The zero-order valence-corrected chi connectivity index (χ0v) is 16.6. The van der Waals surface area contributed by atoms with Crippen molar-refractivity contribution in [3.63, 3.8) is 0 Å². The van der Waals surface area contributed by atoms with Crippen LogP contribution in [-0.4, -0.2) is 34.9 Å². The Hall–Kier alpha value is -1.82. The predicted molar refractivity (Wildman–Crippen MR) is 105 cm³/mol. The van der Waals surface area contributed by atoms with Gasteiger partial charge in [0, 0.05) is 40.8 Å². The van der Waals surface area contributed by atoms with Gasteiger partial charge in [0.05, 0.1) is 11.7 Å². The van der Waals surface area contributed by atoms with Crippen LogP contribution in [0.25, 0.3) is 5.69 Å². The third-order valence-electron chi connectivity index (χ3n) is 4.32. The number of aromatic nitrogens is 1. The van der Waals surface area contributed by atoms with Gasteiger partial charge in [0.15, 0.2) is 0 Å². The summed E-state index contributed by atoms with van der Waals surface area (Å²) in [5.74, 6) is -0.904. The lowest BCUT2D eigenvalue weighted by atomic mass is 10.1. The summed E-state index contributed by atoms with van der Waals surface area (Å²) in [5.41, 5.74) is 3.73. The van der Waals surface area contributed by atoms with E-state index in [-0.39, 0.29) is 6.10 Å². The third-order valence-corrected chi connectivity index (χ3v) is 4.57. The van der Waals surface area contributed by atoms with Crippen LogP contribution in [0.3, 0.4) is 0 Å². The molecule has 2 N–H and O–H groups in total. The van der Waals surface area contributed by atoms with E-state index < -0.39 is 5.97 Å². The molecular formula is C20H27ClN2O3. The highest BCUT2D eigenvalue weighted by molar-refractivity contribution is 6.30. The number of aromatic carboxylic acids is 1. The third kappa shape index (κ3) is 4.87. The molecule has 1 aromatic carbocycles. The first kappa shape index (κ1) is 20.5. The van der Waals surface area contributed by atoms with Gasteiger partial charge in [0.2, 0.25) is 0 Å². The molecule has 0 amide bonds. The van der Waals surface area contributed by atoms with Crippen LogP contribution in [-0.2, 0) is 11.3 Å².